The molecule has 192 valence electrons. The van der Waals surface area contributed by atoms with Gasteiger partial charge in [-0.25, -0.2) is 8.42 Å². The van der Waals surface area contributed by atoms with E-state index >= 15 is 0 Å². The minimum atomic E-state index is -3.57. The number of rotatable bonds is 12. The van der Waals surface area contributed by atoms with Crippen LogP contribution in [0.15, 0.2) is 48.5 Å². The van der Waals surface area contributed by atoms with Gasteiger partial charge in [0, 0.05) is 30.6 Å². The zero-order chi connectivity index (χ0) is 26.2. The largest absolute Gasteiger partial charge is 0.352 e. The molecule has 0 heterocycles. The predicted octanol–water partition coefficient (Wildman–Crippen LogP) is 4.53. The number of carbonyl (C=O) groups excluding carboxylic acids is 2. The normalized spacial score (nSPS) is 12.3. The molecule has 2 rings (SSSR count). The van der Waals surface area contributed by atoms with E-state index in [9.17, 15) is 18.0 Å². The van der Waals surface area contributed by atoms with Crippen molar-refractivity contribution in [3.8, 4) is 0 Å². The Hall–Kier alpha value is -2.58. The Balaban J connectivity index is 2.21. The third kappa shape index (κ3) is 8.85. The Labute approximate surface area is 214 Å². The van der Waals surface area contributed by atoms with Gasteiger partial charge in [0.2, 0.25) is 21.8 Å². The number of nitrogens with zero attached hydrogens (tertiary/aromatic N) is 2. The number of nitrogens with one attached hydrogen (secondary N) is 1. The summed E-state index contributed by atoms with van der Waals surface area (Å²) < 4.78 is 26.1. The van der Waals surface area contributed by atoms with Crippen molar-refractivity contribution in [3.63, 3.8) is 0 Å². The first kappa shape index (κ1) is 28.7. The van der Waals surface area contributed by atoms with Gasteiger partial charge in [0.15, 0.2) is 0 Å². The van der Waals surface area contributed by atoms with Crippen LogP contribution in [0.3, 0.4) is 0 Å². The number of anilines is 1. The fourth-order valence-corrected chi connectivity index (χ4v) is 4.97. The molecule has 0 bridgehead atoms. The monoisotopic (exact) mass is 521 g/mol. The number of benzene rings is 2. The molecule has 2 aromatic carbocycles. The summed E-state index contributed by atoms with van der Waals surface area (Å²) >= 11 is 6.05. The van der Waals surface area contributed by atoms with Crippen molar-refractivity contribution >= 4 is 39.1 Å². The standard InChI is InChI=1S/C26H36ClN3O4S/c1-6-24(26(32)28-19(2)3)29(18-21-14-12-20(4)13-15-21)25(31)11-8-16-30(35(5,33)34)23-10-7-9-22(27)17-23/h7,9-10,12-15,17,19,24H,6,8,11,16,18H2,1-5H3,(H,28,32)/t24-/m0/s1. The second-order valence-corrected chi connectivity index (χ2v) is 11.4. The van der Waals surface area contributed by atoms with Gasteiger partial charge < -0.3 is 10.2 Å². The van der Waals surface area contributed by atoms with Crippen LogP contribution in [0.25, 0.3) is 0 Å². The smallest absolute Gasteiger partial charge is 0.243 e. The molecule has 0 spiro atoms. The van der Waals surface area contributed by atoms with Crippen LogP contribution in [0.4, 0.5) is 5.69 Å². The average molecular weight is 522 g/mol. The molecule has 0 fully saturated rings. The maximum absolute atomic E-state index is 13.4. The van der Waals surface area contributed by atoms with Gasteiger partial charge in [-0.2, -0.15) is 0 Å². The first-order valence-electron chi connectivity index (χ1n) is 11.8. The number of sulfonamides is 1. The number of hydrogen-bond acceptors (Lipinski definition) is 4. The number of halogens is 1. The molecule has 1 atom stereocenters. The first-order valence-corrected chi connectivity index (χ1v) is 14.0. The highest BCUT2D eigenvalue weighted by Crippen LogP contribution is 2.23. The van der Waals surface area contributed by atoms with E-state index in [1.165, 1.54) is 4.31 Å². The van der Waals surface area contributed by atoms with E-state index in [1.54, 1.807) is 29.2 Å². The highest BCUT2D eigenvalue weighted by molar-refractivity contribution is 7.92. The summed E-state index contributed by atoms with van der Waals surface area (Å²) in [7, 11) is -3.57. The van der Waals surface area contributed by atoms with Gasteiger partial charge in [0.25, 0.3) is 0 Å². The lowest BCUT2D eigenvalue weighted by Gasteiger charge is -2.31. The molecular formula is C26H36ClN3O4S. The van der Waals surface area contributed by atoms with E-state index in [0.717, 1.165) is 17.4 Å². The fourth-order valence-electron chi connectivity index (χ4n) is 3.83. The van der Waals surface area contributed by atoms with E-state index in [0.29, 0.717) is 30.1 Å². The van der Waals surface area contributed by atoms with Gasteiger partial charge in [-0.3, -0.25) is 13.9 Å². The molecule has 7 nitrogen and oxygen atoms in total. The van der Waals surface area contributed by atoms with Crippen molar-refractivity contribution in [1.29, 1.82) is 0 Å². The number of amides is 2. The lowest BCUT2D eigenvalue weighted by molar-refractivity contribution is -0.141. The van der Waals surface area contributed by atoms with Crippen LogP contribution in [0.5, 0.6) is 0 Å². The molecule has 2 amide bonds. The average Bonchev–Trinajstić information content (AvgIpc) is 2.76. The Morgan fingerprint density at radius 1 is 1.09 bits per heavy atom. The van der Waals surface area contributed by atoms with E-state index in [2.05, 4.69) is 5.32 Å². The maximum atomic E-state index is 13.4. The summed E-state index contributed by atoms with van der Waals surface area (Å²) in [6.07, 6.45) is 1.99. The predicted molar refractivity (Wildman–Crippen MR) is 142 cm³/mol. The van der Waals surface area contributed by atoms with E-state index < -0.39 is 16.1 Å². The van der Waals surface area contributed by atoms with Crippen LogP contribution < -0.4 is 9.62 Å². The Kier molecular flexibility index (Phi) is 10.6. The number of carbonyl (C=O) groups is 2. The minimum absolute atomic E-state index is 0.0473. The molecule has 9 heteroatoms. The highest BCUT2D eigenvalue weighted by Gasteiger charge is 2.29. The van der Waals surface area contributed by atoms with E-state index in [-0.39, 0.29) is 30.8 Å². The molecule has 2 aromatic rings. The third-order valence-corrected chi connectivity index (χ3v) is 6.97. The molecule has 1 N–H and O–H groups in total. The molecule has 0 aliphatic rings. The van der Waals surface area contributed by atoms with Crippen LogP contribution in [0, 0.1) is 6.92 Å². The third-order valence-electron chi connectivity index (χ3n) is 5.54. The zero-order valence-corrected chi connectivity index (χ0v) is 22.7. The van der Waals surface area contributed by atoms with E-state index in [1.807, 2.05) is 52.0 Å². The van der Waals surface area contributed by atoms with Crippen molar-refractivity contribution in [1.82, 2.24) is 10.2 Å². The molecule has 0 aliphatic heterocycles. The Bertz CT molecular complexity index is 1100. The summed E-state index contributed by atoms with van der Waals surface area (Å²) in [4.78, 5) is 27.9. The Morgan fingerprint density at radius 3 is 2.29 bits per heavy atom. The molecule has 0 saturated heterocycles. The number of hydrogen-bond donors (Lipinski definition) is 1. The van der Waals surface area contributed by atoms with Crippen molar-refractivity contribution < 1.29 is 18.0 Å². The van der Waals surface area contributed by atoms with Crippen molar-refractivity contribution in [3.05, 3.63) is 64.7 Å². The van der Waals surface area contributed by atoms with Gasteiger partial charge in [-0.15, -0.1) is 0 Å². The second kappa shape index (κ2) is 12.9. The SMILES string of the molecule is CC[C@@H](C(=O)NC(C)C)N(Cc1ccc(C)cc1)C(=O)CCCN(c1cccc(Cl)c1)S(C)(=O)=O. The molecular weight excluding hydrogens is 486 g/mol. The summed E-state index contributed by atoms with van der Waals surface area (Å²) in [5.41, 5.74) is 2.49. The van der Waals surface area contributed by atoms with Crippen LogP contribution in [0.2, 0.25) is 5.02 Å². The lowest BCUT2D eigenvalue weighted by atomic mass is 10.1. The van der Waals surface area contributed by atoms with Gasteiger partial charge in [0.1, 0.15) is 6.04 Å². The molecule has 0 saturated carbocycles. The topological polar surface area (TPSA) is 86.8 Å². The first-order chi connectivity index (χ1) is 16.4. The second-order valence-electron chi connectivity index (χ2n) is 9.01. The summed E-state index contributed by atoms with van der Waals surface area (Å²) in [6, 6.07) is 13.8. The summed E-state index contributed by atoms with van der Waals surface area (Å²) in [6.45, 7) is 8.06. The molecule has 35 heavy (non-hydrogen) atoms. The van der Waals surface area contributed by atoms with Gasteiger partial charge in [-0.05, 0) is 57.4 Å². The van der Waals surface area contributed by atoms with Crippen LogP contribution in [-0.2, 0) is 26.2 Å². The molecule has 0 aromatic heterocycles. The zero-order valence-electron chi connectivity index (χ0n) is 21.1. The fraction of sp³-hybridized carbons (Fsp3) is 0.462. The molecule has 0 unspecified atom stereocenters. The van der Waals surface area contributed by atoms with Crippen LogP contribution >= 0.6 is 11.6 Å². The van der Waals surface area contributed by atoms with Crippen molar-refractivity contribution in [2.75, 3.05) is 17.1 Å². The summed E-state index contributed by atoms with van der Waals surface area (Å²) in [5, 5.41) is 3.34. The minimum Gasteiger partial charge on any atom is -0.352 e. The van der Waals surface area contributed by atoms with E-state index in [4.69, 9.17) is 11.6 Å². The molecule has 0 radical (unpaired) electrons. The van der Waals surface area contributed by atoms with Crippen LogP contribution in [-0.4, -0.2) is 50.0 Å². The summed E-state index contributed by atoms with van der Waals surface area (Å²) in [5.74, 6) is -0.393. The highest BCUT2D eigenvalue weighted by atomic mass is 35.5. The van der Waals surface area contributed by atoms with Gasteiger partial charge >= 0.3 is 0 Å². The van der Waals surface area contributed by atoms with Gasteiger partial charge in [0.05, 0.1) is 11.9 Å². The maximum Gasteiger partial charge on any atom is 0.243 e. The van der Waals surface area contributed by atoms with Gasteiger partial charge in [-0.1, -0.05) is 54.4 Å². The number of aryl methyl sites for hydroxylation is 1. The van der Waals surface area contributed by atoms with Crippen molar-refractivity contribution in [2.24, 2.45) is 0 Å². The lowest BCUT2D eigenvalue weighted by Crippen LogP contribution is -2.50. The quantitative estimate of drug-likeness (QED) is 0.444. The van der Waals surface area contributed by atoms with Crippen molar-refractivity contribution in [2.45, 2.75) is 65.6 Å². The molecule has 0 aliphatic carbocycles. The van der Waals surface area contributed by atoms with Crippen LogP contribution in [0.1, 0.15) is 51.2 Å². The Morgan fingerprint density at radius 2 is 1.74 bits per heavy atom.